The van der Waals surface area contributed by atoms with E-state index in [4.69, 9.17) is 0 Å². The lowest BCUT2D eigenvalue weighted by Crippen LogP contribution is -2.52. The molecule has 0 amide bonds. The molecule has 30 heavy (non-hydrogen) atoms. The van der Waals surface area contributed by atoms with Crippen molar-refractivity contribution in [3.8, 4) is 0 Å². The van der Waals surface area contributed by atoms with Gasteiger partial charge in [0.25, 0.3) is 0 Å². The lowest BCUT2D eigenvalue weighted by molar-refractivity contribution is -0.142. The zero-order valence-electron chi connectivity index (χ0n) is 17.6. The molecule has 1 aliphatic heterocycles. The van der Waals surface area contributed by atoms with Crippen LogP contribution in [0.25, 0.3) is 0 Å². The number of hydrogen-bond acceptors (Lipinski definition) is 3. The first-order valence-electron chi connectivity index (χ1n) is 9.57. The second-order valence-corrected chi connectivity index (χ2v) is 7.27. The topological polar surface area (TPSA) is 48.7 Å². The standard InChI is InChI=1S/C20H27F3N6.HI/c1-14-6-5-7-17(15(14)2)28-8-10-29(11-9-28)19(24-3)25-12-16-13-27(4)26-18(16)20(21,22)23;/h5-7,13H,8-12H2,1-4H3,(H,24,25);1H. The molecule has 0 spiro atoms. The van der Waals surface area contributed by atoms with Gasteiger partial charge in [-0.25, -0.2) is 0 Å². The van der Waals surface area contributed by atoms with Crippen molar-refractivity contribution in [2.45, 2.75) is 26.6 Å². The van der Waals surface area contributed by atoms with Gasteiger partial charge in [0.2, 0.25) is 0 Å². The van der Waals surface area contributed by atoms with Crippen molar-refractivity contribution in [1.82, 2.24) is 20.0 Å². The molecular weight excluding hydrogens is 508 g/mol. The molecule has 3 rings (SSSR count). The van der Waals surface area contributed by atoms with E-state index in [1.807, 2.05) is 0 Å². The number of guanidine groups is 1. The molecule has 2 aromatic rings. The Kier molecular flexibility index (Phi) is 8.00. The summed E-state index contributed by atoms with van der Waals surface area (Å²) < 4.78 is 40.6. The number of nitrogens with one attached hydrogen (secondary N) is 1. The quantitative estimate of drug-likeness (QED) is 0.371. The Balaban J connectivity index is 0.00000320. The predicted octanol–water partition coefficient (Wildman–Crippen LogP) is 3.57. The third-order valence-electron chi connectivity index (χ3n) is 5.32. The number of aryl methyl sites for hydroxylation is 2. The molecule has 10 heteroatoms. The molecule has 0 radical (unpaired) electrons. The van der Waals surface area contributed by atoms with Crippen molar-refractivity contribution in [2.75, 3.05) is 38.1 Å². The van der Waals surface area contributed by atoms with Crippen LogP contribution in [0.3, 0.4) is 0 Å². The molecule has 0 atom stereocenters. The van der Waals surface area contributed by atoms with Gasteiger partial charge in [0.1, 0.15) is 0 Å². The van der Waals surface area contributed by atoms with E-state index in [1.54, 1.807) is 7.05 Å². The Labute approximate surface area is 192 Å². The van der Waals surface area contributed by atoms with Gasteiger partial charge in [-0.3, -0.25) is 9.67 Å². The summed E-state index contributed by atoms with van der Waals surface area (Å²) in [4.78, 5) is 8.68. The maximum Gasteiger partial charge on any atom is 0.435 e. The fourth-order valence-electron chi connectivity index (χ4n) is 3.65. The number of hydrogen-bond donors (Lipinski definition) is 1. The van der Waals surface area contributed by atoms with Gasteiger partial charge in [-0.05, 0) is 31.0 Å². The largest absolute Gasteiger partial charge is 0.435 e. The number of nitrogens with zero attached hydrogens (tertiary/aromatic N) is 5. The van der Waals surface area contributed by atoms with Crippen molar-refractivity contribution in [1.29, 1.82) is 0 Å². The van der Waals surface area contributed by atoms with Gasteiger partial charge in [-0.2, -0.15) is 18.3 Å². The summed E-state index contributed by atoms with van der Waals surface area (Å²) in [5.74, 6) is 0.600. The van der Waals surface area contributed by atoms with Crippen molar-refractivity contribution >= 4 is 35.6 Å². The number of anilines is 1. The third-order valence-corrected chi connectivity index (χ3v) is 5.32. The minimum absolute atomic E-state index is 0. The normalized spacial score (nSPS) is 15.2. The number of piperazine rings is 1. The van der Waals surface area contributed by atoms with E-state index in [-0.39, 0.29) is 36.1 Å². The number of halogens is 4. The van der Waals surface area contributed by atoms with Crippen molar-refractivity contribution in [2.24, 2.45) is 12.0 Å². The van der Waals surface area contributed by atoms with E-state index >= 15 is 0 Å². The maximum atomic E-state index is 13.1. The van der Waals surface area contributed by atoms with Gasteiger partial charge < -0.3 is 15.1 Å². The van der Waals surface area contributed by atoms with E-state index in [1.165, 1.54) is 34.7 Å². The van der Waals surface area contributed by atoms with Crippen molar-refractivity contribution < 1.29 is 13.2 Å². The minimum atomic E-state index is -4.47. The first kappa shape index (κ1) is 24.3. The summed E-state index contributed by atoms with van der Waals surface area (Å²) >= 11 is 0. The fourth-order valence-corrected chi connectivity index (χ4v) is 3.65. The lowest BCUT2D eigenvalue weighted by Gasteiger charge is -2.38. The van der Waals surface area contributed by atoms with Crippen LogP contribution >= 0.6 is 24.0 Å². The molecule has 1 aromatic carbocycles. The average molecular weight is 536 g/mol. The van der Waals surface area contributed by atoms with Crippen LogP contribution in [0.4, 0.5) is 18.9 Å². The Morgan fingerprint density at radius 3 is 2.43 bits per heavy atom. The molecule has 6 nitrogen and oxygen atoms in total. The van der Waals surface area contributed by atoms with E-state index in [0.29, 0.717) is 5.96 Å². The van der Waals surface area contributed by atoms with Crippen LogP contribution in [0.15, 0.2) is 29.4 Å². The van der Waals surface area contributed by atoms with Gasteiger partial charge in [-0.1, -0.05) is 12.1 Å². The number of rotatable bonds is 3. The molecule has 166 valence electrons. The molecule has 1 N–H and O–H groups in total. The Hall–Kier alpha value is -1.98. The Morgan fingerprint density at radius 1 is 1.17 bits per heavy atom. The highest BCUT2D eigenvalue weighted by molar-refractivity contribution is 14.0. The number of aliphatic imine (C=N–C) groups is 1. The summed E-state index contributed by atoms with van der Waals surface area (Å²) in [7, 11) is 3.13. The van der Waals surface area contributed by atoms with Crippen LogP contribution in [0, 0.1) is 13.8 Å². The van der Waals surface area contributed by atoms with E-state index in [0.717, 1.165) is 26.2 Å². The van der Waals surface area contributed by atoms with Crippen molar-refractivity contribution in [3.63, 3.8) is 0 Å². The molecule has 0 aliphatic carbocycles. The van der Waals surface area contributed by atoms with Gasteiger partial charge in [0.15, 0.2) is 11.7 Å². The Bertz CT molecular complexity index is 885. The number of alkyl halides is 3. The molecule has 0 saturated carbocycles. The van der Waals surface area contributed by atoms with Crippen LogP contribution in [0.2, 0.25) is 0 Å². The van der Waals surface area contributed by atoms with Gasteiger partial charge in [0, 0.05) is 64.3 Å². The summed E-state index contributed by atoms with van der Waals surface area (Å²) in [6, 6.07) is 6.30. The third kappa shape index (κ3) is 5.38. The SMILES string of the molecule is CN=C(NCc1cn(C)nc1C(F)(F)F)N1CCN(c2cccc(C)c2C)CC1.I. The van der Waals surface area contributed by atoms with Gasteiger partial charge in [-0.15, -0.1) is 24.0 Å². The summed E-state index contributed by atoms with van der Waals surface area (Å²) in [5, 5.41) is 6.61. The fraction of sp³-hybridized carbons (Fsp3) is 0.500. The van der Waals surface area contributed by atoms with Crippen LogP contribution in [-0.4, -0.2) is 53.9 Å². The van der Waals surface area contributed by atoms with Crippen LogP contribution in [-0.2, 0) is 19.8 Å². The Morgan fingerprint density at radius 2 is 1.83 bits per heavy atom. The maximum absolute atomic E-state index is 13.1. The van der Waals surface area contributed by atoms with Gasteiger partial charge >= 0.3 is 6.18 Å². The second kappa shape index (κ2) is 9.88. The first-order chi connectivity index (χ1) is 13.7. The van der Waals surface area contributed by atoms with Crippen LogP contribution < -0.4 is 10.2 Å². The molecule has 1 fully saturated rings. The zero-order chi connectivity index (χ0) is 21.2. The summed E-state index contributed by atoms with van der Waals surface area (Å²) in [6.45, 7) is 7.39. The molecule has 1 saturated heterocycles. The highest BCUT2D eigenvalue weighted by Crippen LogP contribution is 2.30. The molecule has 1 aliphatic rings. The summed E-state index contributed by atoms with van der Waals surface area (Å²) in [5.41, 5.74) is 3.02. The predicted molar refractivity (Wildman–Crippen MR) is 124 cm³/mol. The van der Waals surface area contributed by atoms with E-state index in [2.05, 4.69) is 57.3 Å². The molecule has 1 aromatic heterocycles. The number of benzene rings is 1. The molecule has 0 unspecified atom stereocenters. The lowest BCUT2D eigenvalue weighted by atomic mass is 10.1. The monoisotopic (exact) mass is 536 g/mol. The first-order valence-corrected chi connectivity index (χ1v) is 9.57. The summed E-state index contributed by atoms with van der Waals surface area (Å²) in [6.07, 6.45) is -3.08. The minimum Gasteiger partial charge on any atom is -0.368 e. The zero-order valence-corrected chi connectivity index (χ0v) is 20.0. The average Bonchev–Trinajstić information content (AvgIpc) is 3.06. The van der Waals surface area contributed by atoms with Gasteiger partial charge in [0.05, 0.1) is 0 Å². The number of aromatic nitrogens is 2. The molecular formula is C20H28F3IN6. The highest BCUT2D eigenvalue weighted by atomic mass is 127. The van der Waals surface area contributed by atoms with E-state index < -0.39 is 11.9 Å². The molecule has 2 heterocycles. The van der Waals surface area contributed by atoms with Crippen molar-refractivity contribution in [3.05, 3.63) is 46.8 Å². The van der Waals surface area contributed by atoms with Crippen LogP contribution in [0.1, 0.15) is 22.4 Å². The van der Waals surface area contributed by atoms with Crippen LogP contribution in [0.5, 0.6) is 0 Å². The smallest absolute Gasteiger partial charge is 0.368 e. The van der Waals surface area contributed by atoms with E-state index in [9.17, 15) is 13.2 Å². The molecule has 0 bridgehead atoms. The second-order valence-electron chi connectivity index (χ2n) is 7.27. The highest BCUT2D eigenvalue weighted by Gasteiger charge is 2.37.